The summed E-state index contributed by atoms with van der Waals surface area (Å²) in [6.07, 6.45) is 10.7. The molecular formula is C21H33FO4. The summed E-state index contributed by atoms with van der Waals surface area (Å²) in [6.45, 7) is 4.40. The average Bonchev–Trinajstić information content (AvgIpc) is 3.17. The van der Waals surface area contributed by atoms with Gasteiger partial charge in [0.1, 0.15) is 17.9 Å². The highest BCUT2D eigenvalue weighted by atomic mass is 19.1. The Labute approximate surface area is 156 Å². The van der Waals surface area contributed by atoms with Crippen LogP contribution in [0.5, 0.6) is 0 Å². The Morgan fingerprint density at radius 3 is 2.92 bits per heavy atom. The molecule has 148 valence electrons. The zero-order valence-corrected chi connectivity index (χ0v) is 16.1. The third kappa shape index (κ3) is 4.86. The minimum absolute atomic E-state index is 0.0510. The number of rotatable bonds is 8. The van der Waals surface area contributed by atoms with Gasteiger partial charge < -0.3 is 14.2 Å². The van der Waals surface area contributed by atoms with E-state index in [1.54, 1.807) is 6.92 Å². The van der Waals surface area contributed by atoms with Gasteiger partial charge >= 0.3 is 5.97 Å². The molecular weight excluding hydrogens is 335 g/mol. The molecule has 0 aromatic heterocycles. The monoisotopic (exact) mass is 368 g/mol. The lowest BCUT2D eigenvalue weighted by Gasteiger charge is -2.33. The maximum Gasteiger partial charge on any atom is 0.306 e. The summed E-state index contributed by atoms with van der Waals surface area (Å²) < 4.78 is 32.5. The Morgan fingerprint density at radius 2 is 2.19 bits per heavy atom. The number of carbonyl (C=O) groups is 1. The Bertz CT molecular complexity index is 498. The van der Waals surface area contributed by atoms with Gasteiger partial charge in [-0.15, -0.1) is 0 Å². The number of carbonyl (C=O) groups excluding carboxylic acids is 1. The van der Waals surface area contributed by atoms with Gasteiger partial charge in [0.15, 0.2) is 6.29 Å². The van der Waals surface area contributed by atoms with E-state index in [-0.39, 0.29) is 30.2 Å². The van der Waals surface area contributed by atoms with Crippen LogP contribution in [0.15, 0.2) is 12.2 Å². The van der Waals surface area contributed by atoms with E-state index in [9.17, 15) is 4.79 Å². The predicted octanol–water partition coefficient (Wildman–Crippen LogP) is 4.71. The van der Waals surface area contributed by atoms with Crippen LogP contribution in [0.2, 0.25) is 0 Å². The Balaban J connectivity index is 1.66. The molecule has 1 saturated carbocycles. The molecule has 2 unspecified atom stereocenters. The fraction of sp³-hybridized carbons (Fsp3) is 0.857. The summed E-state index contributed by atoms with van der Waals surface area (Å²) >= 11 is 0. The first-order valence-electron chi connectivity index (χ1n) is 10.3. The number of unbranched alkanes of at least 4 members (excludes halogenated alkanes) is 1. The van der Waals surface area contributed by atoms with E-state index in [1.807, 2.05) is 6.08 Å². The van der Waals surface area contributed by atoms with Crippen molar-refractivity contribution in [3.63, 3.8) is 0 Å². The van der Waals surface area contributed by atoms with Crippen LogP contribution in [0.4, 0.5) is 4.39 Å². The lowest BCUT2D eigenvalue weighted by molar-refractivity contribution is -0.201. The first-order valence-corrected chi connectivity index (χ1v) is 10.3. The second kappa shape index (κ2) is 8.83. The van der Waals surface area contributed by atoms with Crippen molar-refractivity contribution in [1.29, 1.82) is 0 Å². The molecule has 0 aromatic carbocycles. The number of hydrogen-bond acceptors (Lipinski definition) is 4. The summed E-state index contributed by atoms with van der Waals surface area (Å²) in [5.74, 6) is 0.415. The fourth-order valence-corrected chi connectivity index (χ4v) is 4.42. The van der Waals surface area contributed by atoms with Crippen LogP contribution in [0.1, 0.15) is 71.6 Å². The van der Waals surface area contributed by atoms with Crippen LogP contribution in [-0.4, -0.2) is 36.7 Å². The van der Waals surface area contributed by atoms with E-state index in [4.69, 9.17) is 14.2 Å². The molecule has 3 fully saturated rings. The molecule has 0 spiro atoms. The molecule has 0 bridgehead atoms. The summed E-state index contributed by atoms with van der Waals surface area (Å²) in [5.41, 5.74) is -1.42. The van der Waals surface area contributed by atoms with Crippen LogP contribution in [0, 0.1) is 11.8 Å². The van der Waals surface area contributed by atoms with Crippen molar-refractivity contribution >= 4 is 5.97 Å². The van der Waals surface area contributed by atoms with E-state index < -0.39 is 11.8 Å². The quantitative estimate of drug-likeness (QED) is 0.459. The van der Waals surface area contributed by atoms with Gasteiger partial charge in [-0.2, -0.15) is 0 Å². The molecule has 2 heterocycles. The fourth-order valence-electron chi connectivity index (χ4n) is 4.42. The molecule has 1 aliphatic carbocycles. The molecule has 0 amide bonds. The van der Waals surface area contributed by atoms with E-state index in [0.717, 1.165) is 44.9 Å². The van der Waals surface area contributed by atoms with Gasteiger partial charge in [0.05, 0.1) is 6.42 Å². The lowest BCUT2D eigenvalue weighted by atomic mass is 9.89. The molecule has 3 aliphatic rings. The molecule has 0 radical (unpaired) electrons. The van der Waals surface area contributed by atoms with Crippen molar-refractivity contribution in [2.45, 2.75) is 95.8 Å². The Morgan fingerprint density at radius 1 is 1.35 bits per heavy atom. The summed E-state index contributed by atoms with van der Waals surface area (Å²) in [6, 6.07) is 0. The molecule has 5 heteroatoms. The maximum absolute atomic E-state index is 15.4. The first kappa shape index (κ1) is 19.8. The van der Waals surface area contributed by atoms with Crippen molar-refractivity contribution in [2.24, 2.45) is 11.8 Å². The zero-order valence-electron chi connectivity index (χ0n) is 16.1. The number of alkyl halides is 1. The molecule has 2 saturated heterocycles. The maximum atomic E-state index is 15.4. The minimum Gasteiger partial charge on any atom is -0.462 e. The van der Waals surface area contributed by atoms with Crippen molar-refractivity contribution < 1.29 is 23.4 Å². The normalized spacial score (nSPS) is 35.3. The van der Waals surface area contributed by atoms with Crippen molar-refractivity contribution in [2.75, 3.05) is 6.61 Å². The topological polar surface area (TPSA) is 44.8 Å². The SMILES string of the molecule is CCCCC(C)(F)[C@@H](/C=C/[C@@H]1CC[C@H]2OC(=O)C[C@@H]12)OC1CCCCO1. The number of esters is 1. The van der Waals surface area contributed by atoms with Crippen LogP contribution in [0.3, 0.4) is 0 Å². The average molecular weight is 368 g/mol. The number of halogens is 1. The highest BCUT2D eigenvalue weighted by Gasteiger charge is 2.44. The molecule has 0 aromatic rings. The molecule has 3 rings (SSSR count). The second-order valence-electron chi connectivity index (χ2n) is 8.26. The van der Waals surface area contributed by atoms with Crippen LogP contribution >= 0.6 is 0 Å². The lowest BCUT2D eigenvalue weighted by Crippen LogP contribution is -2.40. The van der Waals surface area contributed by atoms with Gasteiger partial charge in [0.2, 0.25) is 0 Å². The zero-order chi connectivity index (χ0) is 18.6. The summed E-state index contributed by atoms with van der Waals surface area (Å²) in [4.78, 5) is 11.5. The third-order valence-electron chi connectivity index (χ3n) is 6.08. The molecule has 26 heavy (non-hydrogen) atoms. The molecule has 4 nitrogen and oxygen atoms in total. The summed E-state index contributed by atoms with van der Waals surface area (Å²) in [5, 5.41) is 0. The van der Waals surface area contributed by atoms with Crippen molar-refractivity contribution in [3.8, 4) is 0 Å². The van der Waals surface area contributed by atoms with Gasteiger partial charge in [-0.05, 0) is 51.4 Å². The second-order valence-corrected chi connectivity index (χ2v) is 8.26. The van der Waals surface area contributed by atoms with Crippen molar-refractivity contribution in [1.82, 2.24) is 0 Å². The minimum atomic E-state index is -1.42. The standard InChI is InChI=1S/C21H33FO4/c1-3-4-12-21(2,22)18(26-20-7-5-6-13-24-20)11-9-15-8-10-17-16(15)14-19(23)25-17/h9,11,15-18,20H,3-8,10,12-14H2,1-2H3/b11-9+/t15-,16-,17+,18+,20?,21?/m0/s1. The van der Waals surface area contributed by atoms with Gasteiger partial charge in [-0.25, -0.2) is 4.39 Å². The highest BCUT2D eigenvalue weighted by Crippen LogP contribution is 2.42. The van der Waals surface area contributed by atoms with Crippen LogP contribution in [0.25, 0.3) is 0 Å². The van der Waals surface area contributed by atoms with Crippen LogP contribution in [-0.2, 0) is 19.0 Å². The number of fused-ring (bicyclic) bond motifs is 1. The molecule has 6 atom stereocenters. The molecule has 0 N–H and O–H groups in total. The van der Waals surface area contributed by atoms with E-state index in [2.05, 4.69) is 13.0 Å². The Hall–Kier alpha value is -0.940. The highest BCUT2D eigenvalue weighted by molar-refractivity contribution is 5.72. The van der Waals surface area contributed by atoms with E-state index >= 15 is 4.39 Å². The number of ether oxygens (including phenoxy) is 3. The van der Waals surface area contributed by atoms with Crippen LogP contribution < -0.4 is 0 Å². The van der Waals surface area contributed by atoms with E-state index in [0.29, 0.717) is 19.4 Å². The number of hydrogen-bond donors (Lipinski definition) is 0. The predicted molar refractivity (Wildman–Crippen MR) is 97.4 cm³/mol. The third-order valence-corrected chi connectivity index (χ3v) is 6.08. The van der Waals surface area contributed by atoms with Gasteiger partial charge in [-0.3, -0.25) is 4.79 Å². The van der Waals surface area contributed by atoms with Gasteiger partial charge in [0, 0.05) is 12.5 Å². The largest absolute Gasteiger partial charge is 0.462 e. The van der Waals surface area contributed by atoms with E-state index in [1.165, 1.54) is 0 Å². The van der Waals surface area contributed by atoms with Gasteiger partial charge in [0.25, 0.3) is 0 Å². The molecule has 2 aliphatic heterocycles. The first-order chi connectivity index (χ1) is 12.5. The van der Waals surface area contributed by atoms with Gasteiger partial charge in [-0.1, -0.05) is 31.9 Å². The smallest absolute Gasteiger partial charge is 0.306 e. The van der Waals surface area contributed by atoms with Crippen molar-refractivity contribution in [3.05, 3.63) is 12.2 Å². The number of allylic oxidation sites excluding steroid dienone is 1. The Kier molecular flexibility index (Phi) is 6.73. The summed E-state index contributed by atoms with van der Waals surface area (Å²) in [7, 11) is 0.